The molecular weight excluding hydrogens is 408 g/mol. The van der Waals surface area contributed by atoms with Gasteiger partial charge in [-0.05, 0) is 94.2 Å². The van der Waals surface area contributed by atoms with Crippen LogP contribution in [-0.4, -0.2) is 0 Å². The first-order chi connectivity index (χ1) is 16.9. The van der Waals surface area contributed by atoms with E-state index < -0.39 is 0 Å². The van der Waals surface area contributed by atoms with Crippen LogP contribution in [0.4, 0.5) is 0 Å². The van der Waals surface area contributed by atoms with Gasteiger partial charge in [0.1, 0.15) is 0 Å². The second-order valence-corrected chi connectivity index (χ2v) is 10.0. The van der Waals surface area contributed by atoms with E-state index in [1.54, 1.807) is 0 Å². The highest BCUT2D eigenvalue weighted by atomic mass is 14.3. The SMILES string of the molecule is C1=C[C@@H]2c3ccccc3Cc3ccc4c(c32)c1c1ccc2cc3ccccc3c3ccc4c1c23. The molecule has 34 heavy (non-hydrogen) atoms. The summed E-state index contributed by atoms with van der Waals surface area (Å²) in [6.07, 6.45) is 5.89. The van der Waals surface area contributed by atoms with Gasteiger partial charge in [-0.2, -0.15) is 0 Å². The smallest absolute Gasteiger partial charge is 0.0284 e. The standard InChI is InChI=1S/C34H20/c1-3-7-23-19(5-1)17-21-9-11-27-30-16-14-26-24-8-4-2-6-20(24)18-22-10-12-28(34(30)32(22)26)29-15-13-25(23)31(21)33(27)29/h1-17,26H,18H2/t26-/m1/s1. The molecule has 7 aromatic rings. The predicted octanol–water partition coefficient (Wildman–Crippen LogP) is 8.95. The van der Waals surface area contributed by atoms with Gasteiger partial charge >= 0.3 is 0 Å². The van der Waals surface area contributed by atoms with Crippen molar-refractivity contribution in [3.63, 3.8) is 0 Å². The molecule has 0 fully saturated rings. The fourth-order valence-corrected chi connectivity index (χ4v) is 7.10. The Balaban J connectivity index is 1.50. The molecule has 0 amide bonds. The third-order valence-corrected chi connectivity index (χ3v) is 8.48. The molecule has 0 aromatic heterocycles. The van der Waals surface area contributed by atoms with Crippen molar-refractivity contribution in [1.82, 2.24) is 0 Å². The van der Waals surface area contributed by atoms with E-state index in [1.807, 2.05) is 0 Å². The predicted molar refractivity (Wildman–Crippen MR) is 145 cm³/mol. The molecule has 1 atom stereocenters. The van der Waals surface area contributed by atoms with Crippen LogP contribution < -0.4 is 0 Å². The molecule has 0 N–H and O–H groups in total. The van der Waals surface area contributed by atoms with Crippen LogP contribution in [0.3, 0.4) is 0 Å². The van der Waals surface area contributed by atoms with Crippen LogP contribution in [0.2, 0.25) is 0 Å². The van der Waals surface area contributed by atoms with Gasteiger partial charge in [-0.1, -0.05) is 97.1 Å². The first-order valence-corrected chi connectivity index (χ1v) is 12.2. The maximum absolute atomic E-state index is 2.45. The summed E-state index contributed by atoms with van der Waals surface area (Å²) < 4.78 is 0. The number of hydrogen-bond acceptors (Lipinski definition) is 0. The zero-order valence-electron chi connectivity index (χ0n) is 18.6. The van der Waals surface area contributed by atoms with Crippen LogP contribution in [0.1, 0.15) is 33.7 Å². The summed E-state index contributed by atoms with van der Waals surface area (Å²) in [5.41, 5.74) is 7.36. The van der Waals surface area contributed by atoms with Gasteiger partial charge in [0.15, 0.2) is 0 Å². The summed E-state index contributed by atoms with van der Waals surface area (Å²) in [5, 5.41) is 13.8. The van der Waals surface area contributed by atoms with Crippen molar-refractivity contribution in [2.24, 2.45) is 0 Å². The highest BCUT2D eigenvalue weighted by Crippen LogP contribution is 2.50. The molecule has 0 spiro atoms. The Labute approximate surface area is 197 Å². The van der Waals surface area contributed by atoms with Crippen molar-refractivity contribution in [3.05, 3.63) is 125 Å². The quantitative estimate of drug-likeness (QED) is 0.167. The van der Waals surface area contributed by atoms with E-state index in [1.165, 1.54) is 81.7 Å². The van der Waals surface area contributed by atoms with Crippen molar-refractivity contribution in [3.8, 4) is 0 Å². The largest absolute Gasteiger partial charge is 0.0720 e. The molecule has 2 aliphatic carbocycles. The Morgan fingerprint density at radius 3 is 2.26 bits per heavy atom. The van der Waals surface area contributed by atoms with Crippen molar-refractivity contribution >= 4 is 59.9 Å². The molecule has 0 nitrogen and oxygen atoms in total. The monoisotopic (exact) mass is 428 g/mol. The van der Waals surface area contributed by atoms with Gasteiger partial charge in [-0.15, -0.1) is 0 Å². The number of hydrogen-bond donors (Lipinski definition) is 0. The van der Waals surface area contributed by atoms with Gasteiger partial charge in [0.2, 0.25) is 0 Å². The lowest BCUT2D eigenvalue weighted by Gasteiger charge is -2.32. The molecule has 9 rings (SSSR count). The average molecular weight is 429 g/mol. The fourth-order valence-electron chi connectivity index (χ4n) is 7.10. The lowest BCUT2D eigenvalue weighted by molar-refractivity contribution is 0.924. The fraction of sp³-hybridized carbons (Fsp3) is 0.0588. The van der Waals surface area contributed by atoms with Gasteiger partial charge in [-0.3, -0.25) is 0 Å². The van der Waals surface area contributed by atoms with Gasteiger partial charge in [0, 0.05) is 5.92 Å². The molecule has 0 saturated carbocycles. The second-order valence-electron chi connectivity index (χ2n) is 10.0. The minimum atomic E-state index is 0.355. The molecule has 0 saturated heterocycles. The summed E-state index contributed by atoms with van der Waals surface area (Å²) in [7, 11) is 0. The number of fused-ring (bicyclic) bond motifs is 6. The minimum absolute atomic E-state index is 0.355. The summed E-state index contributed by atoms with van der Waals surface area (Å²) in [6, 6.07) is 34.4. The minimum Gasteiger partial charge on any atom is -0.0720 e. The van der Waals surface area contributed by atoms with E-state index in [9.17, 15) is 0 Å². The summed E-state index contributed by atoms with van der Waals surface area (Å²) in [5.74, 6) is 0.355. The van der Waals surface area contributed by atoms with Crippen LogP contribution in [-0.2, 0) is 6.42 Å². The molecule has 0 heteroatoms. The van der Waals surface area contributed by atoms with Gasteiger partial charge < -0.3 is 0 Å². The molecule has 0 aliphatic heterocycles. The van der Waals surface area contributed by atoms with Crippen LogP contribution >= 0.6 is 0 Å². The van der Waals surface area contributed by atoms with Gasteiger partial charge in [0.25, 0.3) is 0 Å². The van der Waals surface area contributed by atoms with E-state index in [0.29, 0.717) is 5.92 Å². The van der Waals surface area contributed by atoms with Crippen LogP contribution in [0.15, 0.2) is 97.1 Å². The molecule has 0 unspecified atom stereocenters. The number of allylic oxidation sites excluding steroid dienone is 1. The molecule has 0 heterocycles. The first-order valence-electron chi connectivity index (χ1n) is 12.2. The van der Waals surface area contributed by atoms with E-state index in [2.05, 4.69) is 103 Å². The van der Waals surface area contributed by atoms with E-state index in [0.717, 1.165) is 6.42 Å². The van der Waals surface area contributed by atoms with E-state index in [-0.39, 0.29) is 0 Å². The molecule has 0 radical (unpaired) electrons. The summed E-state index contributed by atoms with van der Waals surface area (Å²) in [4.78, 5) is 0. The lowest BCUT2D eigenvalue weighted by Crippen LogP contribution is -2.15. The van der Waals surface area contributed by atoms with Crippen LogP contribution in [0.5, 0.6) is 0 Å². The Bertz CT molecular complexity index is 2040. The number of rotatable bonds is 0. The van der Waals surface area contributed by atoms with Crippen LogP contribution in [0.25, 0.3) is 59.9 Å². The van der Waals surface area contributed by atoms with Crippen LogP contribution in [0, 0.1) is 0 Å². The molecule has 2 aliphatic rings. The topological polar surface area (TPSA) is 0 Å². The maximum atomic E-state index is 2.45. The highest BCUT2D eigenvalue weighted by molar-refractivity contribution is 6.34. The third kappa shape index (κ3) is 1.93. The maximum Gasteiger partial charge on any atom is 0.0284 e. The second kappa shape index (κ2) is 5.85. The summed E-state index contributed by atoms with van der Waals surface area (Å²) in [6.45, 7) is 0. The van der Waals surface area contributed by atoms with Gasteiger partial charge in [0.05, 0.1) is 0 Å². The molecule has 0 bridgehead atoms. The van der Waals surface area contributed by atoms with Crippen molar-refractivity contribution < 1.29 is 0 Å². The molecule has 156 valence electrons. The molecular formula is C34H20. The van der Waals surface area contributed by atoms with E-state index >= 15 is 0 Å². The van der Waals surface area contributed by atoms with Crippen molar-refractivity contribution in [1.29, 1.82) is 0 Å². The highest BCUT2D eigenvalue weighted by Gasteiger charge is 2.30. The normalized spacial score (nSPS) is 16.3. The van der Waals surface area contributed by atoms with E-state index in [4.69, 9.17) is 0 Å². The Morgan fingerprint density at radius 1 is 0.529 bits per heavy atom. The Kier molecular flexibility index (Phi) is 2.98. The zero-order chi connectivity index (χ0) is 22.0. The third-order valence-electron chi connectivity index (χ3n) is 8.48. The summed E-state index contributed by atoms with van der Waals surface area (Å²) >= 11 is 0. The van der Waals surface area contributed by atoms with Crippen molar-refractivity contribution in [2.45, 2.75) is 12.3 Å². The Hall–Kier alpha value is -4.16. The lowest BCUT2D eigenvalue weighted by atomic mass is 9.71. The van der Waals surface area contributed by atoms with Crippen molar-refractivity contribution in [2.75, 3.05) is 0 Å². The number of benzene rings is 7. The molecule has 7 aromatic carbocycles. The Morgan fingerprint density at radius 2 is 1.29 bits per heavy atom. The average Bonchev–Trinajstić information content (AvgIpc) is 2.90. The first kappa shape index (κ1) is 17.3. The van der Waals surface area contributed by atoms with Gasteiger partial charge in [-0.25, -0.2) is 0 Å². The zero-order valence-corrected chi connectivity index (χ0v) is 18.6.